The Morgan fingerprint density at radius 1 is 0.935 bits per heavy atom. The van der Waals surface area contributed by atoms with E-state index in [-0.39, 0.29) is 43.5 Å². The number of carboxylic acid groups (broad SMARTS) is 1. The third-order valence-electron chi connectivity index (χ3n) is 6.70. The van der Waals surface area contributed by atoms with Crippen molar-refractivity contribution in [3.63, 3.8) is 0 Å². The number of hydrogen-bond donors (Lipinski definition) is 2. The fourth-order valence-electron chi connectivity index (χ4n) is 4.82. The Bertz CT molecular complexity index is 994. The van der Waals surface area contributed by atoms with Crippen LogP contribution in [-0.4, -0.2) is 53.7 Å². The summed E-state index contributed by atoms with van der Waals surface area (Å²) in [6.07, 6.45) is 0.668. The molecule has 1 aliphatic heterocycles. The van der Waals surface area contributed by atoms with E-state index in [0.717, 1.165) is 0 Å². The number of amides is 2. The van der Waals surface area contributed by atoms with Crippen LogP contribution in [0.1, 0.15) is 29.9 Å². The number of hydrogen-bond acceptors (Lipinski definition) is 4. The first-order chi connectivity index (χ1) is 15.0. The monoisotopic (exact) mass is 420 g/mol. The number of nitrogens with one attached hydrogen (secondary N) is 1. The van der Waals surface area contributed by atoms with Gasteiger partial charge in [0.05, 0.1) is 5.92 Å². The first-order valence-corrected chi connectivity index (χ1v) is 10.6. The van der Waals surface area contributed by atoms with E-state index in [1.165, 1.54) is 22.3 Å². The van der Waals surface area contributed by atoms with E-state index in [9.17, 15) is 14.4 Å². The lowest BCUT2D eigenvalue weighted by atomic mass is 9.78. The Morgan fingerprint density at radius 3 is 2.10 bits per heavy atom. The Kier molecular flexibility index (Phi) is 4.88. The fourth-order valence-corrected chi connectivity index (χ4v) is 4.82. The van der Waals surface area contributed by atoms with Crippen molar-refractivity contribution in [2.75, 3.05) is 19.7 Å². The molecule has 7 heteroatoms. The van der Waals surface area contributed by atoms with Crippen molar-refractivity contribution in [2.24, 2.45) is 11.8 Å². The third kappa shape index (κ3) is 3.54. The molecular formula is C24H24N2O5. The van der Waals surface area contributed by atoms with E-state index < -0.39 is 18.0 Å². The summed E-state index contributed by atoms with van der Waals surface area (Å²) in [5.74, 6) is -1.44. The zero-order valence-corrected chi connectivity index (χ0v) is 17.0. The minimum Gasteiger partial charge on any atom is -0.481 e. The number of rotatable bonds is 5. The number of ether oxygens (including phenoxy) is 1. The number of nitrogens with zero attached hydrogens (tertiary/aromatic N) is 1. The van der Waals surface area contributed by atoms with E-state index in [1.807, 2.05) is 24.3 Å². The van der Waals surface area contributed by atoms with Crippen LogP contribution in [0.5, 0.6) is 0 Å². The highest BCUT2D eigenvalue weighted by atomic mass is 16.5. The van der Waals surface area contributed by atoms with Gasteiger partial charge in [-0.25, -0.2) is 4.79 Å². The maximum Gasteiger partial charge on any atom is 0.407 e. The molecule has 1 saturated carbocycles. The zero-order valence-electron chi connectivity index (χ0n) is 17.0. The molecule has 160 valence electrons. The number of fused-ring (bicyclic) bond motifs is 3. The predicted molar refractivity (Wildman–Crippen MR) is 112 cm³/mol. The third-order valence-corrected chi connectivity index (χ3v) is 6.70. The van der Waals surface area contributed by atoms with Crippen molar-refractivity contribution in [3.05, 3.63) is 59.7 Å². The van der Waals surface area contributed by atoms with Crippen LogP contribution in [0.25, 0.3) is 11.1 Å². The van der Waals surface area contributed by atoms with Crippen LogP contribution in [0.2, 0.25) is 0 Å². The molecular weight excluding hydrogens is 396 g/mol. The molecule has 0 atom stereocenters. The SMILES string of the molecule is O=C(NC1CC(C(=O)N2CC(C(=O)O)C2)C1)OCC1c2ccccc2-c2ccccc21. The van der Waals surface area contributed by atoms with Crippen LogP contribution in [0, 0.1) is 11.8 Å². The largest absolute Gasteiger partial charge is 0.481 e. The molecule has 0 radical (unpaired) electrons. The van der Waals surface area contributed by atoms with Crippen LogP contribution in [0.3, 0.4) is 0 Å². The van der Waals surface area contributed by atoms with E-state index in [2.05, 4.69) is 29.6 Å². The Morgan fingerprint density at radius 2 is 1.52 bits per heavy atom. The molecule has 2 aromatic carbocycles. The molecule has 2 fully saturated rings. The molecule has 5 rings (SSSR count). The average molecular weight is 420 g/mol. The number of carbonyl (C=O) groups excluding carboxylic acids is 2. The van der Waals surface area contributed by atoms with E-state index in [1.54, 1.807) is 4.90 Å². The first-order valence-electron chi connectivity index (χ1n) is 10.6. The van der Waals surface area contributed by atoms with Crippen LogP contribution >= 0.6 is 0 Å². The Hall–Kier alpha value is -3.35. The smallest absolute Gasteiger partial charge is 0.407 e. The summed E-state index contributed by atoms with van der Waals surface area (Å²) < 4.78 is 5.55. The molecule has 2 aliphatic carbocycles. The molecule has 0 unspecified atom stereocenters. The van der Waals surface area contributed by atoms with Gasteiger partial charge in [-0.1, -0.05) is 48.5 Å². The standard InChI is InChI=1S/C24H24N2O5/c27-22(26-11-15(12-26)23(28)29)14-9-16(10-14)25-24(30)31-13-21-19-7-3-1-5-17(19)18-6-2-4-8-20(18)21/h1-8,14-16,21H,9-13H2,(H,25,30)(H,28,29). The molecule has 0 spiro atoms. The van der Waals surface area contributed by atoms with Crippen molar-refractivity contribution >= 4 is 18.0 Å². The minimum absolute atomic E-state index is 0.0110. The van der Waals surface area contributed by atoms with Crippen molar-refractivity contribution in [2.45, 2.75) is 24.8 Å². The highest BCUT2D eigenvalue weighted by Gasteiger charge is 2.43. The van der Waals surface area contributed by atoms with Crippen molar-refractivity contribution in [1.82, 2.24) is 10.2 Å². The maximum atomic E-state index is 12.3. The van der Waals surface area contributed by atoms with E-state index >= 15 is 0 Å². The highest BCUT2D eigenvalue weighted by Crippen LogP contribution is 2.44. The van der Waals surface area contributed by atoms with Gasteiger partial charge in [0.15, 0.2) is 0 Å². The number of benzene rings is 2. The van der Waals surface area contributed by atoms with Crippen LogP contribution < -0.4 is 5.32 Å². The van der Waals surface area contributed by atoms with Gasteiger partial charge in [0.1, 0.15) is 6.61 Å². The van der Waals surface area contributed by atoms with Crippen LogP contribution in [0.4, 0.5) is 4.79 Å². The fraction of sp³-hybridized carbons (Fsp3) is 0.375. The van der Waals surface area contributed by atoms with Crippen molar-refractivity contribution in [3.8, 4) is 11.1 Å². The Balaban J connectivity index is 1.11. The quantitative estimate of drug-likeness (QED) is 0.776. The van der Waals surface area contributed by atoms with Gasteiger partial charge in [0, 0.05) is 31.0 Å². The molecule has 0 bridgehead atoms. The van der Waals surface area contributed by atoms with Gasteiger partial charge in [-0.05, 0) is 35.1 Å². The summed E-state index contributed by atoms with van der Waals surface area (Å²) in [5.41, 5.74) is 4.70. The molecule has 2 amide bonds. The lowest BCUT2D eigenvalue weighted by Crippen LogP contribution is -2.58. The topological polar surface area (TPSA) is 95.9 Å². The minimum atomic E-state index is -0.854. The molecule has 1 heterocycles. The average Bonchev–Trinajstić information content (AvgIpc) is 3.01. The summed E-state index contributed by atoms with van der Waals surface area (Å²) in [4.78, 5) is 37.1. The number of carboxylic acids is 1. The zero-order chi connectivity index (χ0) is 21.5. The molecule has 7 nitrogen and oxygen atoms in total. The molecule has 1 saturated heterocycles. The summed E-state index contributed by atoms with van der Waals surface area (Å²) in [7, 11) is 0. The summed E-state index contributed by atoms with van der Waals surface area (Å²) in [5, 5.41) is 11.8. The van der Waals surface area contributed by atoms with Crippen molar-refractivity contribution in [1.29, 1.82) is 0 Å². The number of likely N-dealkylation sites (tertiary alicyclic amines) is 1. The maximum absolute atomic E-state index is 12.3. The van der Waals surface area contributed by atoms with Gasteiger partial charge >= 0.3 is 12.1 Å². The molecule has 0 aromatic heterocycles. The normalized spacial score (nSPS) is 22.0. The van der Waals surface area contributed by atoms with E-state index in [4.69, 9.17) is 9.84 Å². The highest BCUT2D eigenvalue weighted by molar-refractivity contribution is 5.84. The first kappa shape index (κ1) is 19.6. The number of aliphatic carboxylic acids is 1. The lowest BCUT2D eigenvalue weighted by molar-refractivity contribution is -0.156. The van der Waals surface area contributed by atoms with Crippen LogP contribution in [0.15, 0.2) is 48.5 Å². The second-order valence-electron chi connectivity index (χ2n) is 8.61. The molecule has 3 aliphatic rings. The van der Waals surface area contributed by atoms with E-state index in [0.29, 0.717) is 12.8 Å². The van der Waals surface area contributed by atoms with Gasteiger partial charge in [-0.3, -0.25) is 9.59 Å². The van der Waals surface area contributed by atoms with Crippen LogP contribution in [-0.2, 0) is 14.3 Å². The Labute approximate surface area is 180 Å². The summed E-state index contributed by atoms with van der Waals surface area (Å²) >= 11 is 0. The van der Waals surface area contributed by atoms with Gasteiger partial charge in [-0.2, -0.15) is 0 Å². The predicted octanol–water partition coefficient (Wildman–Crippen LogP) is 2.85. The van der Waals surface area contributed by atoms with Crippen molar-refractivity contribution < 1.29 is 24.2 Å². The molecule has 2 aromatic rings. The summed E-state index contributed by atoms with van der Waals surface area (Å²) in [6.45, 7) is 0.837. The van der Waals surface area contributed by atoms with Gasteiger partial charge in [0.2, 0.25) is 5.91 Å². The summed E-state index contributed by atoms with van der Waals surface area (Å²) in [6, 6.07) is 16.3. The molecule has 2 N–H and O–H groups in total. The number of alkyl carbamates (subject to hydrolysis) is 1. The lowest BCUT2D eigenvalue weighted by Gasteiger charge is -2.43. The number of carbonyl (C=O) groups is 3. The van der Waals surface area contributed by atoms with Gasteiger partial charge in [0.25, 0.3) is 0 Å². The second kappa shape index (κ2) is 7.72. The molecule has 31 heavy (non-hydrogen) atoms. The van der Waals surface area contributed by atoms with Gasteiger partial charge in [-0.15, -0.1) is 0 Å². The van der Waals surface area contributed by atoms with Gasteiger partial charge < -0.3 is 20.1 Å². The second-order valence-corrected chi connectivity index (χ2v) is 8.61.